The van der Waals surface area contributed by atoms with Crippen molar-refractivity contribution < 1.29 is 9.59 Å². The molecule has 1 aromatic rings. The summed E-state index contributed by atoms with van der Waals surface area (Å²) in [5, 5.41) is 10.6. The van der Waals surface area contributed by atoms with Gasteiger partial charge in [-0.05, 0) is 19.1 Å². The molecule has 0 atom stereocenters. The summed E-state index contributed by atoms with van der Waals surface area (Å²) < 4.78 is 0. The van der Waals surface area contributed by atoms with E-state index in [1.165, 1.54) is 19.1 Å². The van der Waals surface area contributed by atoms with Gasteiger partial charge in [0, 0.05) is 11.3 Å². The molecule has 0 spiro atoms. The molecular formula is C10H8N2O2. The summed E-state index contributed by atoms with van der Waals surface area (Å²) in [6.45, 7) is 1.44. The number of amides is 1. The lowest BCUT2D eigenvalue weighted by atomic mass is 10.1. The molecule has 0 aromatic heterocycles. The van der Waals surface area contributed by atoms with Crippen LogP contribution >= 0.6 is 0 Å². The fourth-order valence-corrected chi connectivity index (χ4v) is 0.975. The number of carbonyl (C=O) groups excluding carboxylic acids is 2. The average Bonchev–Trinajstić information content (AvgIpc) is 2.18. The molecule has 0 bridgehead atoms. The van der Waals surface area contributed by atoms with Crippen molar-refractivity contribution in [3.63, 3.8) is 0 Å². The van der Waals surface area contributed by atoms with Gasteiger partial charge in [-0.25, -0.2) is 0 Å². The summed E-state index contributed by atoms with van der Waals surface area (Å²) in [5.74, 6) is -0.830. The molecule has 1 N–H and O–H groups in total. The van der Waals surface area contributed by atoms with E-state index in [2.05, 4.69) is 5.32 Å². The molecule has 0 saturated heterocycles. The van der Waals surface area contributed by atoms with Crippen LogP contribution in [0.3, 0.4) is 0 Å². The van der Waals surface area contributed by atoms with Crippen LogP contribution in [-0.4, -0.2) is 11.7 Å². The van der Waals surface area contributed by atoms with Crippen molar-refractivity contribution in [1.82, 2.24) is 0 Å². The highest BCUT2D eigenvalue weighted by Gasteiger charge is 2.02. The Kier molecular flexibility index (Phi) is 2.97. The van der Waals surface area contributed by atoms with Gasteiger partial charge in [0.05, 0.1) is 0 Å². The van der Waals surface area contributed by atoms with Gasteiger partial charge in [-0.1, -0.05) is 12.1 Å². The first kappa shape index (κ1) is 9.93. The summed E-state index contributed by atoms with van der Waals surface area (Å²) in [5.41, 5.74) is 0.949. The largest absolute Gasteiger partial charge is 0.326 e. The molecule has 1 amide bonds. The van der Waals surface area contributed by atoms with Crippen LogP contribution in [0.15, 0.2) is 24.3 Å². The molecule has 0 aliphatic carbocycles. The fraction of sp³-hybridized carbons (Fsp3) is 0.100. The molecule has 14 heavy (non-hydrogen) atoms. The number of nitrogens with one attached hydrogen (secondary N) is 1. The smallest absolute Gasteiger partial charge is 0.313 e. The lowest BCUT2D eigenvalue weighted by Gasteiger charge is -2.01. The molecule has 0 fully saturated rings. The van der Waals surface area contributed by atoms with Crippen LogP contribution in [0.5, 0.6) is 0 Å². The van der Waals surface area contributed by atoms with Gasteiger partial charge in [0.1, 0.15) is 0 Å². The second-order valence-corrected chi connectivity index (χ2v) is 2.70. The van der Waals surface area contributed by atoms with Gasteiger partial charge in [-0.15, -0.1) is 0 Å². The molecule has 70 valence electrons. The normalized spacial score (nSPS) is 8.86. The van der Waals surface area contributed by atoms with Gasteiger partial charge in [-0.3, -0.25) is 9.59 Å². The molecule has 0 heterocycles. The second-order valence-electron chi connectivity index (χ2n) is 2.70. The number of hydrogen-bond acceptors (Lipinski definition) is 3. The zero-order chi connectivity index (χ0) is 10.6. The Hall–Kier alpha value is -2.15. The Morgan fingerprint density at radius 3 is 2.71 bits per heavy atom. The first-order valence-electron chi connectivity index (χ1n) is 3.95. The highest BCUT2D eigenvalue weighted by atomic mass is 16.1. The van der Waals surface area contributed by atoms with E-state index in [1.807, 2.05) is 0 Å². The van der Waals surface area contributed by atoms with Crippen LogP contribution in [0.2, 0.25) is 0 Å². The molecule has 0 saturated carbocycles. The Labute approximate surface area is 81.2 Å². The number of nitriles is 1. The van der Waals surface area contributed by atoms with Gasteiger partial charge in [0.25, 0.3) is 0 Å². The lowest BCUT2D eigenvalue weighted by Crippen LogP contribution is -2.08. The van der Waals surface area contributed by atoms with Gasteiger partial charge in [0.15, 0.2) is 11.9 Å². The molecule has 1 aromatic carbocycles. The Morgan fingerprint density at radius 1 is 1.43 bits per heavy atom. The Balaban J connectivity index is 2.90. The summed E-state index contributed by atoms with van der Waals surface area (Å²) in [4.78, 5) is 21.7. The lowest BCUT2D eigenvalue weighted by molar-refractivity contribution is -0.111. The van der Waals surface area contributed by atoms with Crippen LogP contribution in [0.1, 0.15) is 17.3 Å². The van der Waals surface area contributed by atoms with E-state index >= 15 is 0 Å². The van der Waals surface area contributed by atoms with E-state index in [1.54, 1.807) is 18.2 Å². The predicted molar refractivity (Wildman–Crippen MR) is 50.7 cm³/mol. The number of benzene rings is 1. The van der Waals surface area contributed by atoms with Crippen LogP contribution in [0.25, 0.3) is 0 Å². The minimum absolute atomic E-state index is 0.0851. The van der Waals surface area contributed by atoms with Gasteiger partial charge in [-0.2, -0.15) is 5.26 Å². The first-order valence-corrected chi connectivity index (χ1v) is 3.95. The van der Waals surface area contributed by atoms with E-state index in [-0.39, 0.29) is 5.78 Å². The summed E-state index contributed by atoms with van der Waals surface area (Å²) in [6.07, 6.45) is 0. The number of ketones is 1. The maximum absolute atomic E-state index is 11.0. The highest BCUT2D eigenvalue weighted by Crippen LogP contribution is 2.10. The molecule has 0 aliphatic heterocycles. The third-order valence-electron chi connectivity index (χ3n) is 1.63. The average molecular weight is 188 g/mol. The minimum atomic E-state index is -0.745. The summed E-state index contributed by atoms with van der Waals surface area (Å²) in [6, 6.07) is 7.85. The van der Waals surface area contributed by atoms with Crippen LogP contribution in [-0.2, 0) is 4.79 Å². The van der Waals surface area contributed by atoms with Crippen molar-refractivity contribution in [2.75, 3.05) is 5.32 Å². The standard InChI is InChI=1S/C10H8N2O2/c1-7(13)8-3-2-4-9(5-8)12-10(14)6-11/h2-5H,1H3,(H,12,14). The van der Waals surface area contributed by atoms with E-state index < -0.39 is 5.91 Å². The van der Waals surface area contributed by atoms with Crippen molar-refractivity contribution in [2.24, 2.45) is 0 Å². The van der Waals surface area contributed by atoms with Crippen LogP contribution in [0, 0.1) is 11.3 Å². The van der Waals surface area contributed by atoms with E-state index in [4.69, 9.17) is 5.26 Å². The predicted octanol–water partition coefficient (Wildman–Crippen LogP) is 1.35. The van der Waals surface area contributed by atoms with Gasteiger partial charge < -0.3 is 5.32 Å². The molecule has 0 unspecified atom stereocenters. The van der Waals surface area contributed by atoms with Crippen molar-refractivity contribution >= 4 is 17.4 Å². The quantitative estimate of drug-likeness (QED) is 0.562. The molecule has 4 heteroatoms. The molecule has 0 aliphatic rings. The monoisotopic (exact) mass is 188 g/mol. The maximum atomic E-state index is 11.0. The Morgan fingerprint density at radius 2 is 2.14 bits per heavy atom. The number of Topliss-reactive ketones (excluding diaryl/α,β-unsaturated/α-hetero) is 1. The molecule has 0 radical (unpaired) electrons. The Bertz CT molecular complexity index is 418. The number of rotatable bonds is 2. The van der Waals surface area contributed by atoms with E-state index in [0.717, 1.165) is 0 Å². The third kappa shape index (κ3) is 2.42. The van der Waals surface area contributed by atoms with Crippen molar-refractivity contribution in [3.8, 4) is 6.07 Å². The van der Waals surface area contributed by atoms with Gasteiger partial charge >= 0.3 is 5.91 Å². The molecule has 1 rings (SSSR count). The number of carbonyl (C=O) groups is 2. The van der Waals surface area contributed by atoms with Crippen molar-refractivity contribution in [1.29, 1.82) is 5.26 Å². The van der Waals surface area contributed by atoms with Gasteiger partial charge in [0.2, 0.25) is 0 Å². The van der Waals surface area contributed by atoms with Crippen molar-refractivity contribution in [3.05, 3.63) is 29.8 Å². The second kappa shape index (κ2) is 4.19. The minimum Gasteiger partial charge on any atom is -0.313 e. The highest BCUT2D eigenvalue weighted by molar-refractivity contribution is 6.03. The van der Waals surface area contributed by atoms with E-state index in [9.17, 15) is 9.59 Å². The summed E-state index contributed by atoms with van der Waals surface area (Å²) in [7, 11) is 0. The molecule has 4 nitrogen and oxygen atoms in total. The zero-order valence-electron chi connectivity index (χ0n) is 7.57. The topological polar surface area (TPSA) is 70.0 Å². The van der Waals surface area contributed by atoms with E-state index in [0.29, 0.717) is 11.3 Å². The van der Waals surface area contributed by atoms with Crippen LogP contribution < -0.4 is 5.32 Å². The number of hydrogen-bond donors (Lipinski definition) is 1. The molecular weight excluding hydrogens is 180 g/mol. The first-order chi connectivity index (χ1) is 6.63. The number of nitrogens with zero attached hydrogens (tertiary/aromatic N) is 1. The van der Waals surface area contributed by atoms with Crippen LogP contribution in [0.4, 0.5) is 5.69 Å². The SMILES string of the molecule is CC(=O)c1cccc(NC(=O)C#N)c1. The summed E-state index contributed by atoms with van der Waals surface area (Å²) >= 11 is 0. The zero-order valence-corrected chi connectivity index (χ0v) is 7.57. The number of anilines is 1. The van der Waals surface area contributed by atoms with Crippen molar-refractivity contribution in [2.45, 2.75) is 6.92 Å². The fourth-order valence-electron chi connectivity index (χ4n) is 0.975. The third-order valence-corrected chi connectivity index (χ3v) is 1.63. The maximum Gasteiger partial charge on any atom is 0.326 e.